The average molecular weight is 697 g/mol. The SMILES string of the molecule is CC1(C)CC(OC(=O)C(CCCCCCCC(=O)O)C2CC(C)(C)N(Sc3ccccc3)C(C)(C)C2)CC(C)(C)N1Sc1ccccc1. The molecule has 48 heavy (non-hydrogen) atoms. The van der Waals surface area contributed by atoms with E-state index in [1.165, 1.54) is 9.79 Å². The highest BCUT2D eigenvalue weighted by Crippen LogP contribution is 2.51. The van der Waals surface area contributed by atoms with Crippen molar-refractivity contribution in [1.29, 1.82) is 0 Å². The molecule has 2 saturated heterocycles. The normalized spacial score (nSPS) is 21.8. The van der Waals surface area contributed by atoms with E-state index in [0.717, 1.165) is 57.8 Å². The van der Waals surface area contributed by atoms with Gasteiger partial charge in [-0.1, -0.05) is 62.1 Å². The summed E-state index contributed by atoms with van der Waals surface area (Å²) in [5.74, 6) is -0.690. The lowest BCUT2D eigenvalue weighted by Crippen LogP contribution is -2.60. The lowest BCUT2D eigenvalue weighted by molar-refractivity contribution is -0.165. The Labute approximate surface area is 299 Å². The molecule has 0 aromatic heterocycles. The number of nitrogens with zero attached hydrogens (tertiary/aromatic N) is 2. The molecule has 0 radical (unpaired) electrons. The second kappa shape index (κ2) is 16.3. The van der Waals surface area contributed by atoms with Crippen LogP contribution in [0.3, 0.4) is 0 Å². The highest BCUT2D eigenvalue weighted by molar-refractivity contribution is 7.97. The molecule has 2 aliphatic heterocycles. The predicted octanol–water partition coefficient (Wildman–Crippen LogP) is 10.7. The maximum atomic E-state index is 14.4. The van der Waals surface area contributed by atoms with Gasteiger partial charge in [-0.3, -0.25) is 9.59 Å². The van der Waals surface area contributed by atoms with Gasteiger partial charge in [0.1, 0.15) is 6.10 Å². The van der Waals surface area contributed by atoms with Crippen molar-refractivity contribution >= 4 is 35.8 Å². The number of carbonyl (C=O) groups is 2. The zero-order chi connectivity index (χ0) is 35.2. The second-order valence-electron chi connectivity index (χ2n) is 16.6. The number of ether oxygens (including phenoxy) is 1. The maximum absolute atomic E-state index is 14.4. The van der Waals surface area contributed by atoms with Gasteiger partial charge in [0.2, 0.25) is 0 Å². The fourth-order valence-electron chi connectivity index (χ4n) is 8.52. The van der Waals surface area contributed by atoms with Gasteiger partial charge in [0.25, 0.3) is 0 Å². The standard InChI is InChI=1S/C40H60N2O4S2/c1-37(2)26-30(27-38(3,4)41(37)47-32-20-14-12-15-21-32)34(24-18-10-9-11-19-25-35(43)44)36(45)46-31-28-39(5,6)42(40(7,8)29-31)48-33-22-16-13-17-23-33/h12-17,20-23,30-31,34H,9-11,18-19,24-29H2,1-8H3,(H,43,44). The van der Waals surface area contributed by atoms with Crippen molar-refractivity contribution < 1.29 is 19.4 Å². The van der Waals surface area contributed by atoms with Crippen molar-refractivity contribution in [3.8, 4) is 0 Å². The van der Waals surface area contributed by atoms with Crippen molar-refractivity contribution in [2.45, 2.75) is 164 Å². The largest absolute Gasteiger partial charge is 0.481 e. The van der Waals surface area contributed by atoms with Crippen molar-refractivity contribution in [2.24, 2.45) is 11.8 Å². The minimum absolute atomic E-state index is 0.0256. The number of aliphatic carboxylic acids is 1. The number of carboxylic acid groups (broad SMARTS) is 1. The summed E-state index contributed by atoms with van der Waals surface area (Å²) in [6.07, 6.45) is 8.95. The van der Waals surface area contributed by atoms with Crippen LogP contribution in [0.25, 0.3) is 0 Å². The first-order chi connectivity index (χ1) is 22.5. The molecular formula is C40H60N2O4S2. The summed E-state index contributed by atoms with van der Waals surface area (Å²) in [5, 5.41) is 9.00. The Bertz CT molecular complexity index is 1300. The predicted molar refractivity (Wildman–Crippen MR) is 200 cm³/mol. The number of hydrogen-bond acceptors (Lipinski definition) is 7. The van der Waals surface area contributed by atoms with Crippen LogP contribution in [0.2, 0.25) is 0 Å². The maximum Gasteiger partial charge on any atom is 0.309 e. The molecule has 266 valence electrons. The molecule has 2 aromatic carbocycles. The van der Waals surface area contributed by atoms with Crippen LogP contribution in [0.4, 0.5) is 0 Å². The first kappa shape index (κ1) is 38.8. The monoisotopic (exact) mass is 696 g/mol. The molecule has 0 bridgehead atoms. The van der Waals surface area contributed by atoms with Crippen molar-refractivity contribution in [3.63, 3.8) is 0 Å². The Morgan fingerprint density at radius 1 is 0.688 bits per heavy atom. The van der Waals surface area contributed by atoms with Gasteiger partial charge in [-0.2, -0.15) is 0 Å². The van der Waals surface area contributed by atoms with Crippen LogP contribution < -0.4 is 0 Å². The highest BCUT2D eigenvalue weighted by atomic mass is 32.2. The summed E-state index contributed by atoms with van der Waals surface area (Å²) in [6.45, 7) is 18.4. The van der Waals surface area contributed by atoms with Gasteiger partial charge in [0.05, 0.1) is 5.92 Å². The molecule has 0 saturated carbocycles. The molecule has 0 spiro atoms. The van der Waals surface area contributed by atoms with E-state index in [1.807, 2.05) is 11.9 Å². The Balaban J connectivity index is 1.48. The third-order valence-electron chi connectivity index (χ3n) is 10.1. The van der Waals surface area contributed by atoms with Gasteiger partial charge in [0.15, 0.2) is 0 Å². The van der Waals surface area contributed by atoms with Crippen molar-refractivity contribution in [1.82, 2.24) is 8.61 Å². The third kappa shape index (κ3) is 10.5. The molecule has 2 aliphatic rings. The van der Waals surface area contributed by atoms with Gasteiger partial charge in [-0.25, -0.2) is 8.61 Å². The number of benzene rings is 2. The number of esters is 1. The number of carboxylic acids is 1. The van der Waals surface area contributed by atoms with E-state index >= 15 is 0 Å². The van der Waals surface area contributed by atoms with Crippen molar-refractivity contribution in [3.05, 3.63) is 60.7 Å². The van der Waals surface area contributed by atoms with Crippen LogP contribution in [0.5, 0.6) is 0 Å². The van der Waals surface area contributed by atoms with E-state index in [0.29, 0.717) is 6.42 Å². The van der Waals surface area contributed by atoms with Crippen molar-refractivity contribution in [2.75, 3.05) is 0 Å². The quantitative estimate of drug-likeness (QED) is 0.112. The number of carbonyl (C=O) groups excluding carboxylic acids is 1. The Morgan fingerprint density at radius 2 is 1.10 bits per heavy atom. The smallest absolute Gasteiger partial charge is 0.309 e. The molecule has 0 aliphatic carbocycles. The lowest BCUT2D eigenvalue weighted by atomic mass is 9.69. The molecular weight excluding hydrogens is 637 g/mol. The van der Waals surface area contributed by atoms with Crippen LogP contribution in [0.15, 0.2) is 70.5 Å². The molecule has 1 N–H and O–H groups in total. The lowest BCUT2D eigenvalue weighted by Gasteiger charge is -2.55. The first-order valence-corrected chi connectivity index (χ1v) is 19.5. The minimum atomic E-state index is -0.726. The molecule has 1 unspecified atom stereocenters. The fourth-order valence-corrected chi connectivity index (χ4v) is 10.8. The number of piperidine rings is 2. The summed E-state index contributed by atoms with van der Waals surface area (Å²) in [5.41, 5.74) is -0.566. The summed E-state index contributed by atoms with van der Waals surface area (Å²) >= 11 is 3.63. The molecule has 2 heterocycles. The molecule has 6 nitrogen and oxygen atoms in total. The third-order valence-corrected chi connectivity index (χ3v) is 13.4. The van der Waals surface area contributed by atoms with Crippen LogP contribution in [-0.2, 0) is 14.3 Å². The molecule has 2 fully saturated rings. The second-order valence-corrected chi connectivity index (χ2v) is 18.6. The Hall–Kier alpha value is -2.00. The van der Waals surface area contributed by atoms with E-state index < -0.39 is 5.97 Å². The summed E-state index contributed by atoms with van der Waals surface area (Å²) in [4.78, 5) is 27.8. The molecule has 4 rings (SSSR count). The first-order valence-electron chi connectivity index (χ1n) is 18.0. The Morgan fingerprint density at radius 3 is 1.56 bits per heavy atom. The van der Waals surface area contributed by atoms with Gasteiger partial charge in [-0.05, 0) is 135 Å². The zero-order valence-electron chi connectivity index (χ0n) is 30.7. The van der Waals surface area contributed by atoms with Gasteiger partial charge < -0.3 is 9.84 Å². The summed E-state index contributed by atoms with van der Waals surface area (Å²) in [6, 6.07) is 21.1. The molecule has 2 aromatic rings. The average Bonchev–Trinajstić information content (AvgIpc) is 2.98. The van der Waals surface area contributed by atoms with Crippen LogP contribution in [0.1, 0.15) is 126 Å². The van der Waals surface area contributed by atoms with E-state index in [9.17, 15) is 9.59 Å². The summed E-state index contributed by atoms with van der Waals surface area (Å²) < 4.78 is 11.7. The van der Waals surface area contributed by atoms with Crippen LogP contribution in [0, 0.1) is 11.8 Å². The van der Waals surface area contributed by atoms with Gasteiger partial charge in [0, 0.05) is 51.2 Å². The highest BCUT2D eigenvalue weighted by Gasteiger charge is 2.51. The minimum Gasteiger partial charge on any atom is -0.481 e. The van der Waals surface area contributed by atoms with E-state index in [2.05, 4.69) is 125 Å². The van der Waals surface area contributed by atoms with Crippen LogP contribution >= 0.6 is 23.9 Å². The summed E-state index contributed by atoms with van der Waals surface area (Å²) in [7, 11) is 0. The number of rotatable bonds is 15. The van der Waals surface area contributed by atoms with E-state index in [1.54, 1.807) is 11.9 Å². The Kier molecular flexibility index (Phi) is 13.2. The molecule has 1 atom stereocenters. The fraction of sp³-hybridized carbons (Fsp3) is 0.650. The zero-order valence-corrected chi connectivity index (χ0v) is 32.3. The van der Waals surface area contributed by atoms with Gasteiger partial charge >= 0.3 is 11.9 Å². The molecule has 0 amide bonds. The topological polar surface area (TPSA) is 70.1 Å². The molecule has 8 heteroatoms. The number of unbranched alkanes of at least 4 members (excludes halogenated alkanes) is 4. The van der Waals surface area contributed by atoms with E-state index in [-0.39, 0.29) is 52.5 Å². The van der Waals surface area contributed by atoms with E-state index in [4.69, 9.17) is 9.84 Å². The van der Waals surface area contributed by atoms with Gasteiger partial charge in [-0.15, -0.1) is 0 Å². The number of hydrogen-bond donors (Lipinski definition) is 1. The van der Waals surface area contributed by atoms with Crippen LogP contribution in [-0.4, -0.2) is 53.9 Å².